The summed E-state index contributed by atoms with van der Waals surface area (Å²) in [5.41, 5.74) is 0. The van der Waals surface area contributed by atoms with Gasteiger partial charge in [-0.3, -0.25) is 0 Å². The van der Waals surface area contributed by atoms with Gasteiger partial charge in [0.05, 0.1) is 0 Å². The van der Waals surface area contributed by atoms with E-state index in [9.17, 15) is 0 Å². The van der Waals surface area contributed by atoms with Gasteiger partial charge in [0.2, 0.25) is 0 Å². The van der Waals surface area contributed by atoms with Gasteiger partial charge in [0.25, 0.3) is 0 Å². The molecule has 0 amide bonds. The average Bonchev–Trinajstić information content (AvgIpc) is 2.21. The van der Waals surface area contributed by atoms with Crippen LogP contribution in [0.25, 0.3) is 0 Å². The SMILES string of the molecule is CC1(S)CC2(S)CC(S)C3CC4C3C2C41S. The first-order valence-corrected chi connectivity index (χ1v) is 8.02. The van der Waals surface area contributed by atoms with Crippen LogP contribution in [0.15, 0.2) is 0 Å². The van der Waals surface area contributed by atoms with Gasteiger partial charge in [0.15, 0.2) is 0 Å². The predicted octanol–water partition coefficient (Wildman–Crippen LogP) is 3.00. The maximum atomic E-state index is 5.08. The van der Waals surface area contributed by atoms with E-state index >= 15 is 0 Å². The first kappa shape index (κ1) is 11.2. The lowest BCUT2D eigenvalue weighted by Crippen LogP contribution is -2.76. The highest BCUT2D eigenvalue weighted by Crippen LogP contribution is 2.82. The van der Waals surface area contributed by atoms with Crippen LogP contribution in [0, 0.1) is 23.7 Å². The second-order valence-corrected chi connectivity index (χ2v) is 9.99. The monoisotopic (exact) mass is 290 g/mol. The summed E-state index contributed by atoms with van der Waals surface area (Å²) >= 11 is 19.9. The second-order valence-electron chi connectivity index (χ2n) is 6.71. The standard InChI is InChI=1S/C12H18S4/c1-10(14)4-11(15)3-7(13)5-2-6-8(5)9(11)12(6,10)16/h5-9,13-16H,2-4H2,1H3. The summed E-state index contributed by atoms with van der Waals surface area (Å²) in [4.78, 5) is 0. The Kier molecular flexibility index (Phi) is 1.95. The van der Waals surface area contributed by atoms with Crippen LogP contribution in [0.5, 0.6) is 0 Å². The summed E-state index contributed by atoms with van der Waals surface area (Å²) in [6.45, 7) is 2.27. The first-order valence-electron chi connectivity index (χ1n) is 6.16. The summed E-state index contributed by atoms with van der Waals surface area (Å²) in [5, 5.41) is 0.565. The Balaban J connectivity index is 1.85. The van der Waals surface area contributed by atoms with Crippen molar-refractivity contribution in [3.63, 3.8) is 0 Å². The molecule has 0 bridgehead atoms. The van der Waals surface area contributed by atoms with Gasteiger partial charge < -0.3 is 0 Å². The van der Waals surface area contributed by atoms with E-state index in [0.29, 0.717) is 11.2 Å². The lowest BCUT2D eigenvalue weighted by Gasteiger charge is -2.74. The predicted molar refractivity (Wildman–Crippen MR) is 81.4 cm³/mol. The van der Waals surface area contributed by atoms with Gasteiger partial charge in [-0.1, -0.05) is 0 Å². The van der Waals surface area contributed by atoms with Gasteiger partial charge in [-0.15, -0.1) is 0 Å². The summed E-state index contributed by atoms with van der Waals surface area (Å²) in [5.74, 6) is 3.18. The Bertz CT molecular complexity index is 381. The fourth-order valence-electron chi connectivity index (χ4n) is 5.54. The minimum absolute atomic E-state index is 0.0481. The zero-order valence-electron chi connectivity index (χ0n) is 9.30. The molecule has 0 nitrogen and oxygen atoms in total. The van der Waals surface area contributed by atoms with E-state index in [2.05, 4.69) is 6.92 Å². The molecule has 0 N–H and O–H groups in total. The summed E-state index contributed by atoms with van der Waals surface area (Å²) < 4.78 is 0.349. The molecule has 0 aliphatic heterocycles. The number of rotatable bonds is 0. The number of hydrogen-bond acceptors (Lipinski definition) is 4. The van der Waals surface area contributed by atoms with E-state index < -0.39 is 0 Å². The Labute approximate surface area is 119 Å². The Hall–Kier alpha value is 1.40. The van der Waals surface area contributed by atoms with Gasteiger partial charge >= 0.3 is 0 Å². The zero-order chi connectivity index (χ0) is 11.5. The quantitative estimate of drug-likeness (QED) is 0.484. The van der Waals surface area contributed by atoms with Crippen LogP contribution in [-0.4, -0.2) is 19.5 Å². The van der Waals surface area contributed by atoms with Crippen LogP contribution in [-0.2, 0) is 0 Å². The van der Waals surface area contributed by atoms with Crippen molar-refractivity contribution in [2.75, 3.05) is 0 Å². The van der Waals surface area contributed by atoms with E-state index in [1.54, 1.807) is 0 Å². The Morgan fingerprint density at radius 3 is 2.56 bits per heavy atom. The fourth-order valence-corrected chi connectivity index (χ4v) is 8.81. The zero-order valence-corrected chi connectivity index (χ0v) is 12.9. The van der Waals surface area contributed by atoms with Crippen molar-refractivity contribution in [3.05, 3.63) is 0 Å². The molecule has 8 atom stereocenters. The van der Waals surface area contributed by atoms with E-state index in [-0.39, 0.29) is 14.2 Å². The Morgan fingerprint density at radius 1 is 1.19 bits per heavy atom. The molecule has 0 radical (unpaired) electrons. The van der Waals surface area contributed by atoms with Crippen molar-refractivity contribution < 1.29 is 0 Å². The number of fused-ring (bicyclic) bond motifs is 1. The molecule has 4 saturated carbocycles. The normalized spacial score (nSPS) is 75.2. The third-order valence-corrected chi connectivity index (χ3v) is 9.05. The number of thiol groups is 4. The third kappa shape index (κ3) is 0.905. The van der Waals surface area contributed by atoms with Crippen LogP contribution in [0.3, 0.4) is 0 Å². The molecule has 4 aliphatic carbocycles. The molecule has 0 aromatic rings. The average molecular weight is 291 g/mol. The van der Waals surface area contributed by atoms with Crippen LogP contribution in [0.2, 0.25) is 0 Å². The number of hydrogen-bond donors (Lipinski definition) is 4. The van der Waals surface area contributed by atoms with Crippen LogP contribution >= 0.6 is 50.5 Å². The van der Waals surface area contributed by atoms with E-state index in [0.717, 1.165) is 30.6 Å². The molecule has 16 heavy (non-hydrogen) atoms. The van der Waals surface area contributed by atoms with Gasteiger partial charge in [0, 0.05) is 19.5 Å². The maximum absolute atomic E-state index is 5.08. The summed E-state index contributed by atoms with van der Waals surface area (Å²) in [6, 6.07) is 0. The molecule has 0 aromatic carbocycles. The third-order valence-electron chi connectivity index (χ3n) is 6.06. The molecule has 0 aromatic heterocycles. The maximum Gasteiger partial charge on any atom is 0.0347 e. The molecule has 0 spiro atoms. The van der Waals surface area contributed by atoms with E-state index in [1.807, 2.05) is 0 Å². The Morgan fingerprint density at radius 2 is 1.88 bits per heavy atom. The van der Waals surface area contributed by atoms with Gasteiger partial charge in [-0.05, 0) is 49.9 Å². The summed E-state index contributed by atoms with van der Waals surface area (Å²) in [7, 11) is 0. The topological polar surface area (TPSA) is 0 Å². The molecule has 4 fully saturated rings. The van der Waals surface area contributed by atoms with Crippen molar-refractivity contribution in [1.82, 2.24) is 0 Å². The van der Waals surface area contributed by atoms with Gasteiger partial charge in [-0.25, -0.2) is 0 Å². The van der Waals surface area contributed by atoms with Crippen LogP contribution in [0.4, 0.5) is 0 Å². The van der Waals surface area contributed by atoms with Crippen molar-refractivity contribution in [2.45, 2.75) is 45.7 Å². The highest BCUT2D eigenvalue weighted by molar-refractivity contribution is 7.87. The molecule has 0 saturated heterocycles. The highest BCUT2D eigenvalue weighted by Gasteiger charge is 2.82. The van der Waals surface area contributed by atoms with Gasteiger partial charge in [-0.2, -0.15) is 50.5 Å². The molecular weight excluding hydrogens is 272 g/mol. The highest BCUT2D eigenvalue weighted by atomic mass is 32.1. The molecular formula is C12H18S4. The minimum Gasteiger partial charge on any atom is -0.176 e. The largest absolute Gasteiger partial charge is 0.176 e. The van der Waals surface area contributed by atoms with Crippen molar-refractivity contribution in [1.29, 1.82) is 0 Å². The lowest BCUT2D eigenvalue weighted by atomic mass is 9.37. The van der Waals surface area contributed by atoms with Crippen LogP contribution < -0.4 is 0 Å². The van der Waals surface area contributed by atoms with E-state index in [1.165, 1.54) is 6.42 Å². The smallest absolute Gasteiger partial charge is 0.0347 e. The van der Waals surface area contributed by atoms with Crippen molar-refractivity contribution >= 4 is 50.5 Å². The molecule has 0 heterocycles. The second kappa shape index (κ2) is 2.78. The molecule has 4 aliphatic rings. The van der Waals surface area contributed by atoms with E-state index in [4.69, 9.17) is 50.5 Å². The fraction of sp³-hybridized carbons (Fsp3) is 1.00. The summed E-state index contributed by atoms with van der Waals surface area (Å²) in [6.07, 6.45) is 3.58. The molecule has 4 heteroatoms. The first-order chi connectivity index (χ1) is 7.31. The lowest BCUT2D eigenvalue weighted by molar-refractivity contribution is -0.148. The minimum atomic E-state index is 0.0481. The molecule has 4 rings (SSSR count). The van der Waals surface area contributed by atoms with Crippen LogP contribution in [0.1, 0.15) is 26.2 Å². The van der Waals surface area contributed by atoms with Crippen molar-refractivity contribution in [2.24, 2.45) is 23.7 Å². The van der Waals surface area contributed by atoms with Gasteiger partial charge in [0.1, 0.15) is 0 Å². The van der Waals surface area contributed by atoms with Crippen molar-refractivity contribution in [3.8, 4) is 0 Å². The molecule has 8 unspecified atom stereocenters. The molecule has 90 valence electrons.